The number of hydrogen-bond donors (Lipinski definition) is 0. The molecule has 3 aromatic rings. The van der Waals surface area contributed by atoms with Gasteiger partial charge in [-0.1, -0.05) is 56.6 Å². The van der Waals surface area contributed by atoms with Crippen LogP contribution >= 0.6 is 22.9 Å². The highest BCUT2D eigenvalue weighted by molar-refractivity contribution is 7.92. The Labute approximate surface area is 200 Å². The fraction of sp³-hybridized carbons (Fsp3) is 0.400. The number of anilines is 1. The standard InChI is InChI=1S/C25H29ClN2O2S2/c1-25(2,3)19-6-10-22(11-7-19)32(29,30)23-12-14-28(15-13-23)24-27-21(17-31-24)16-18-4-8-20(26)9-5-18/h4-11,17,23H,12-16H2,1-3H3. The lowest BCUT2D eigenvalue weighted by Gasteiger charge is -2.31. The molecule has 4 nitrogen and oxygen atoms in total. The molecule has 1 saturated heterocycles. The minimum Gasteiger partial charge on any atom is -0.348 e. The average Bonchev–Trinajstić information content (AvgIpc) is 3.23. The molecule has 1 aliphatic rings. The summed E-state index contributed by atoms with van der Waals surface area (Å²) in [6.45, 7) is 7.80. The molecule has 0 unspecified atom stereocenters. The zero-order chi connectivity index (χ0) is 22.9. The van der Waals surface area contributed by atoms with Crippen LogP contribution in [0, 0.1) is 0 Å². The predicted octanol–water partition coefficient (Wildman–Crippen LogP) is 6.13. The van der Waals surface area contributed by atoms with Gasteiger partial charge in [-0.25, -0.2) is 13.4 Å². The van der Waals surface area contributed by atoms with Gasteiger partial charge in [0.1, 0.15) is 0 Å². The summed E-state index contributed by atoms with van der Waals surface area (Å²) in [5, 5.41) is 3.45. The maximum Gasteiger partial charge on any atom is 0.185 e. The van der Waals surface area contributed by atoms with E-state index in [9.17, 15) is 8.42 Å². The first-order chi connectivity index (χ1) is 15.1. The van der Waals surface area contributed by atoms with Crippen molar-refractivity contribution in [2.75, 3.05) is 18.0 Å². The summed E-state index contributed by atoms with van der Waals surface area (Å²) in [7, 11) is -3.32. The predicted molar refractivity (Wildman–Crippen MR) is 134 cm³/mol. The SMILES string of the molecule is CC(C)(C)c1ccc(S(=O)(=O)C2CCN(c3nc(Cc4ccc(Cl)cc4)cs3)CC2)cc1. The molecule has 0 radical (unpaired) electrons. The van der Waals surface area contributed by atoms with Crippen molar-refractivity contribution in [1.82, 2.24) is 4.98 Å². The lowest BCUT2D eigenvalue weighted by Crippen LogP contribution is -2.39. The molecule has 0 amide bonds. The second kappa shape index (κ2) is 9.16. The van der Waals surface area contributed by atoms with Crippen LogP contribution in [0.5, 0.6) is 0 Å². The van der Waals surface area contributed by atoms with Gasteiger partial charge in [-0.05, 0) is 53.6 Å². The van der Waals surface area contributed by atoms with Gasteiger partial charge in [0.05, 0.1) is 15.8 Å². The summed E-state index contributed by atoms with van der Waals surface area (Å²) < 4.78 is 26.4. The summed E-state index contributed by atoms with van der Waals surface area (Å²) in [5.41, 5.74) is 3.35. The molecule has 0 atom stereocenters. The number of rotatable bonds is 5. The number of halogens is 1. The number of piperidine rings is 1. The van der Waals surface area contributed by atoms with E-state index in [0.717, 1.165) is 27.8 Å². The Morgan fingerprint density at radius 1 is 1.03 bits per heavy atom. The third-order valence-electron chi connectivity index (χ3n) is 6.04. The monoisotopic (exact) mass is 488 g/mol. The maximum atomic E-state index is 13.2. The topological polar surface area (TPSA) is 50.3 Å². The van der Waals surface area contributed by atoms with E-state index in [-0.39, 0.29) is 10.7 Å². The van der Waals surface area contributed by atoms with Crippen molar-refractivity contribution in [3.05, 3.63) is 75.8 Å². The van der Waals surface area contributed by atoms with Gasteiger partial charge < -0.3 is 4.90 Å². The van der Waals surface area contributed by atoms with E-state index in [4.69, 9.17) is 16.6 Å². The van der Waals surface area contributed by atoms with Gasteiger partial charge in [0.25, 0.3) is 0 Å². The van der Waals surface area contributed by atoms with E-state index in [1.54, 1.807) is 23.5 Å². The number of benzene rings is 2. The molecule has 0 saturated carbocycles. The number of aromatic nitrogens is 1. The third kappa shape index (κ3) is 5.19. The van der Waals surface area contributed by atoms with E-state index in [1.165, 1.54) is 5.56 Å². The Bertz CT molecular complexity index is 1160. The Morgan fingerprint density at radius 2 is 1.66 bits per heavy atom. The van der Waals surface area contributed by atoms with E-state index >= 15 is 0 Å². The lowest BCUT2D eigenvalue weighted by molar-refractivity contribution is 0.529. The highest BCUT2D eigenvalue weighted by Crippen LogP contribution is 2.31. The Hall–Kier alpha value is -1.89. The normalized spacial score (nSPS) is 15.8. The summed E-state index contributed by atoms with van der Waals surface area (Å²) in [6.07, 6.45) is 2.01. The molecule has 2 aromatic carbocycles. The van der Waals surface area contributed by atoms with Gasteiger partial charge in [0, 0.05) is 29.9 Å². The molecular formula is C25H29ClN2O2S2. The average molecular weight is 489 g/mol. The number of nitrogens with zero attached hydrogens (tertiary/aromatic N) is 2. The van der Waals surface area contributed by atoms with Crippen molar-refractivity contribution >= 4 is 37.9 Å². The Balaban J connectivity index is 1.38. The molecule has 170 valence electrons. The molecule has 2 heterocycles. The first kappa shape index (κ1) is 23.3. The maximum absolute atomic E-state index is 13.2. The second-order valence-electron chi connectivity index (χ2n) is 9.43. The smallest absolute Gasteiger partial charge is 0.185 e. The van der Waals surface area contributed by atoms with Gasteiger partial charge in [-0.3, -0.25) is 0 Å². The Kier molecular flexibility index (Phi) is 6.66. The van der Waals surface area contributed by atoms with E-state index < -0.39 is 9.84 Å². The molecule has 0 spiro atoms. The molecule has 1 aromatic heterocycles. The molecule has 0 N–H and O–H groups in total. The van der Waals surface area contributed by atoms with Crippen molar-refractivity contribution in [2.24, 2.45) is 0 Å². The van der Waals surface area contributed by atoms with Crippen molar-refractivity contribution in [3.8, 4) is 0 Å². The quantitative estimate of drug-likeness (QED) is 0.433. The molecule has 32 heavy (non-hydrogen) atoms. The van der Waals surface area contributed by atoms with Gasteiger partial charge in [0.2, 0.25) is 0 Å². The molecular weight excluding hydrogens is 460 g/mol. The zero-order valence-electron chi connectivity index (χ0n) is 18.7. The first-order valence-electron chi connectivity index (χ1n) is 10.9. The van der Waals surface area contributed by atoms with Crippen molar-refractivity contribution in [2.45, 2.75) is 55.6 Å². The number of hydrogen-bond acceptors (Lipinski definition) is 5. The van der Waals surface area contributed by atoms with Crippen LogP contribution in [0.15, 0.2) is 58.8 Å². The van der Waals surface area contributed by atoms with Crippen LogP contribution < -0.4 is 4.90 Å². The third-order valence-corrected chi connectivity index (χ3v) is 9.52. The zero-order valence-corrected chi connectivity index (χ0v) is 21.1. The highest BCUT2D eigenvalue weighted by atomic mass is 35.5. The fourth-order valence-corrected chi connectivity index (χ4v) is 6.77. The van der Waals surface area contributed by atoms with Crippen LogP contribution in [-0.4, -0.2) is 31.7 Å². The first-order valence-corrected chi connectivity index (χ1v) is 13.7. The van der Waals surface area contributed by atoms with Crippen molar-refractivity contribution < 1.29 is 8.42 Å². The largest absolute Gasteiger partial charge is 0.348 e. The van der Waals surface area contributed by atoms with Gasteiger partial charge >= 0.3 is 0 Å². The van der Waals surface area contributed by atoms with Crippen LogP contribution in [-0.2, 0) is 21.7 Å². The fourth-order valence-electron chi connectivity index (χ4n) is 4.03. The van der Waals surface area contributed by atoms with Gasteiger partial charge in [-0.2, -0.15) is 0 Å². The van der Waals surface area contributed by atoms with Gasteiger partial charge in [-0.15, -0.1) is 11.3 Å². The minimum atomic E-state index is -3.32. The summed E-state index contributed by atoms with van der Waals surface area (Å²) in [4.78, 5) is 7.44. The number of sulfone groups is 1. The molecule has 0 aliphatic carbocycles. The molecule has 0 bridgehead atoms. The van der Waals surface area contributed by atoms with Crippen LogP contribution in [0.2, 0.25) is 5.02 Å². The molecule has 1 aliphatic heterocycles. The van der Waals surface area contributed by atoms with Crippen molar-refractivity contribution in [3.63, 3.8) is 0 Å². The summed E-state index contributed by atoms with van der Waals surface area (Å²) in [5.74, 6) is 0. The van der Waals surface area contributed by atoms with Crippen molar-refractivity contribution in [1.29, 1.82) is 0 Å². The molecule has 4 rings (SSSR count). The van der Waals surface area contributed by atoms with E-state index in [2.05, 4.69) is 31.1 Å². The van der Waals surface area contributed by atoms with E-state index in [0.29, 0.717) is 30.8 Å². The summed E-state index contributed by atoms with van der Waals surface area (Å²) >= 11 is 7.59. The molecule has 7 heteroatoms. The second-order valence-corrected chi connectivity index (χ2v) is 12.9. The Morgan fingerprint density at radius 3 is 2.25 bits per heavy atom. The molecule has 1 fully saturated rings. The van der Waals surface area contributed by atoms with Crippen LogP contribution in [0.4, 0.5) is 5.13 Å². The summed E-state index contributed by atoms with van der Waals surface area (Å²) in [6, 6.07) is 15.3. The van der Waals surface area contributed by atoms with Crippen LogP contribution in [0.3, 0.4) is 0 Å². The highest BCUT2D eigenvalue weighted by Gasteiger charge is 2.32. The lowest BCUT2D eigenvalue weighted by atomic mass is 9.87. The van der Waals surface area contributed by atoms with Crippen LogP contribution in [0.1, 0.15) is 50.4 Å². The van der Waals surface area contributed by atoms with Crippen LogP contribution in [0.25, 0.3) is 0 Å². The minimum absolute atomic E-state index is 0.00769. The van der Waals surface area contributed by atoms with Gasteiger partial charge in [0.15, 0.2) is 15.0 Å². The number of thiazole rings is 1. The van der Waals surface area contributed by atoms with E-state index in [1.807, 2.05) is 36.4 Å².